The summed E-state index contributed by atoms with van der Waals surface area (Å²) < 4.78 is 6.70. The number of carboxylic acid groups (broad SMARTS) is 2. The molecule has 4 amide bonds. The lowest BCUT2D eigenvalue weighted by molar-refractivity contribution is -0.691. The minimum absolute atomic E-state index is 0.00170. The molecular formula is C26H27BN4O10. The molecule has 15 heteroatoms. The van der Waals surface area contributed by atoms with Crippen molar-refractivity contribution in [1.29, 1.82) is 0 Å². The number of aliphatic carboxylic acids is 1. The van der Waals surface area contributed by atoms with Crippen molar-refractivity contribution in [3.63, 3.8) is 0 Å². The van der Waals surface area contributed by atoms with Crippen molar-refractivity contribution in [2.24, 2.45) is 0 Å². The van der Waals surface area contributed by atoms with Crippen molar-refractivity contribution in [3.8, 4) is 5.75 Å². The molecular weight excluding hydrogens is 539 g/mol. The zero-order chi connectivity index (χ0) is 29.8. The summed E-state index contributed by atoms with van der Waals surface area (Å²) >= 11 is 0. The van der Waals surface area contributed by atoms with E-state index in [0.29, 0.717) is 10.5 Å². The van der Waals surface area contributed by atoms with Gasteiger partial charge in [0.25, 0.3) is 0 Å². The highest BCUT2D eigenvalue weighted by Crippen LogP contribution is 2.37. The molecule has 3 heterocycles. The number of ketones is 1. The van der Waals surface area contributed by atoms with E-state index in [4.69, 9.17) is 4.65 Å². The standard InChI is InChI=1S/C26H27BN4O10/c1-2-30-9-10-31(24(36)23(30)35)26(39)28-21(16-6-4-8-29(13-16)14-20(33)34)19(32)12-17-11-15-5-3-7-18(25(37)38)22(15)41-27(17)40/h3-8,13,17,21,40H,2,9-12,14H2,1H3,(H2-,28,33,34,37,38,39)/t17-,21?/m1/s1. The van der Waals surface area contributed by atoms with Crippen LogP contribution < -0.4 is 19.6 Å². The molecule has 1 aromatic carbocycles. The number of pyridine rings is 1. The summed E-state index contributed by atoms with van der Waals surface area (Å²) in [6.45, 7) is 1.46. The third kappa shape index (κ3) is 6.35. The van der Waals surface area contributed by atoms with Crippen LogP contribution >= 0.6 is 0 Å². The first-order valence-corrected chi connectivity index (χ1v) is 12.8. The summed E-state index contributed by atoms with van der Waals surface area (Å²) in [5.74, 6) is -5.97. The van der Waals surface area contributed by atoms with E-state index < -0.39 is 61.1 Å². The Bertz CT molecular complexity index is 1420. The number of likely N-dealkylation sites (N-methyl/N-ethyl adjacent to an activating group) is 1. The largest absolute Gasteiger partial charge is 0.544 e. The molecule has 2 atom stereocenters. The van der Waals surface area contributed by atoms with Crippen LogP contribution in [0.1, 0.15) is 40.9 Å². The Morgan fingerprint density at radius 3 is 2.61 bits per heavy atom. The Morgan fingerprint density at radius 2 is 1.93 bits per heavy atom. The Kier molecular flexibility index (Phi) is 8.66. The number of imide groups is 1. The van der Waals surface area contributed by atoms with Gasteiger partial charge in [0.1, 0.15) is 17.8 Å². The maximum atomic E-state index is 13.6. The van der Waals surface area contributed by atoms with Crippen LogP contribution in [0.3, 0.4) is 0 Å². The monoisotopic (exact) mass is 566 g/mol. The molecule has 2 aliphatic heterocycles. The van der Waals surface area contributed by atoms with Crippen molar-refractivity contribution in [1.82, 2.24) is 15.1 Å². The molecule has 2 aliphatic rings. The minimum Gasteiger partial charge on any atom is -0.544 e. The summed E-state index contributed by atoms with van der Waals surface area (Å²) in [6.07, 6.45) is 2.50. The summed E-state index contributed by atoms with van der Waals surface area (Å²) in [4.78, 5) is 76.3. The third-order valence-electron chi connectivity index (χ3n) is 6.97. The SMILES string of the molecule is CCN1CCN(C(=O)NC(C(=O)C[C@H]2Cc3cccc(C(=O)O)c3OB2O)c2ccc[n+](CC(=O)[O-])c2)C(=O)C1=O. The number of aromatic nitrogens is 1. The van der Waals surface area contributed by atoms with Gasteiger partial charge in [-0.3, -0.25) is 19.3 Å². The first-order chi connectivity index (χ1) is 19.5. The number of carboxylic acids is 2. The molecule has 14 nitrogen and oxygen atoms in total. The summed E-state index contributed by atoms with van der Waals surface area (Å²) in [7, 11) is -1.54. The van der Waals surface area contributed by atoms with Crippen molar-refractivity contribution in [2.45, 2.75) is 38.2 Å². The van der Waals surface area contributed by atoms with Gasteiger partial charge in [-0.2, -0.15) is 4.57 Å². The van der Waals surface area contributed by atoms with Crippen LogP contribution in [0.4, 0.5) is 4.79 Å². The molecule has 2 aromatic rings. The fourth-order valence-electron chi connectivity index (χ4n) is 4.88. The first-order valence-electron chi connectivity index (χ1n) is 12.8. The Hall–Kier alpha value is -4.79. The van der Waals surface area contributed by atoms with Gasteiger partial charge >= 0.3 is 30.9 Å². The fourth-order valence-corrected chi connectivity index (χ4v) is 4.88. The van der Waals surface area contributed by atoms with Crippen molar-refractivity contribution >= 4 is 42.7 Å². The number of fused-ring (bicyclic) bond motifs is 1. The Balaban J connectivity index is 1.59. The van der Waals surface area contributed by atoms with Gasteiger partial charge in [0.15, 0.2) is 24.7 Å². The zero-order valence-corrected chi connectivity index (χ0v) is 22.0. The van der Waals surface area contributed by atoms with Crippen LogP contribution in [0.5, 0.6) is 5.75 Å². The van der Waals surface area contributed by atoms with Crippen LogP contribution in [-0.2, 0) is 32.1 Å². The van der Waals surface area contributed by atoms with Gasteiger partial charge in [0, 0.05) is 43.5 Å². The van der Waals surface area contributed by atoms with Crippen LogP contribution in [0, 0.1) is 0 Å². The number of hydrogen-bond acceptors (Lipinski definition) is 9. The highest BCUT2D eigenvalue weighted by Gasteiger charge is 2.41. The number of carbonyl (C=O) groups excluding carboxylic acids is 5. The van der Waals surface area contributed by atoms with Crippen molar-refractivity contribution in [2.75, 3.05) is 19.6 Å². The van der Waals surface area contributed by atoms with E-state index >= 15 is 0 Å². The predicted octanol–water partition coefficient (Wildman–Crippen LogP) is -1.69. The number of urea groups is 1. The molecule has 0 bridgehead atoms. The van der Waals surface area contributed by atoms with Gasteiger partial charge in [-0.25, -0.2) is 9.59 Å². The van der Waals surface area contributed by atoms with E-state index in [1.807, 2.05) is 0 Å². The highest BCUT2D eigenvalue weighted by atomic mass is 16.5. The second-order valence-corrected chi connectivity index (χ2v) is 9.65. The second kappa shape index (κ2) is 12.2. The van der Waals surface area contributed by atoms with E-state index in [0.717, 1.165) is 0 Å². The lowest BCUT2D eigenvalue weighted by atomic mass is 9.64. The molecule has 0 saturated carbocycles. The van der Waals surface area contributed by atoms with E-state index in [-0.39, 0.29) is 49.4 Å². The maximum Gasteiger partial charge on any atom is 0.526 e. The van der Waals surface area contributed by atoms with Gasteiger partial charge in [0.05, 0.1) is 5.56 Å². The van der Waals surface area contributed by atoms with Crippen LogP contribution in [-0.4, -0.2) is 82.3 Å². The average molecular weight is 566 g/mol. The highest BCUT2D eigenvalue weighted by molar-refractivity contribution is 6.47. The van der Waals surface area contributed by atoms with Gasteiger partial charge in [-0.1, -0.05) is 12.1 Å². The van der Waals surface area contributed by atoms with E-state index in [1.165, 1.54) is 46.1 Å². The number of nitrogens with zero attached hydrogens (tertiary/aromatic N) is 3. The van der Waals surface area contributed by atoms with E-state index in [2.05, 4.69) is 5.32 Å². The van der Waals surface area contributed by atoms with Gasteiger partial charge in [-0.05, 0) is 31.0 Å². The number of nitrogens with one attached hydrogen (secondary N) is 1. The van der Waals surface area contributed by atoms with E-state index in [1.54, 1.807) is 13.0 Å². The molecule has 3 N–H and O–H groups in total. The molecule has 1 fully saturated rings. The molecule has 1 saturated heterocycles. The lowest BCUT2D eigenvalue weighted by Crippen LogP contribution is -2.58. The normalized spacial score (nSPS) is 17.4. The summed E-state index contributed by atoms with van der Waals surface area (Å²) in [5.41, 5.74) is 0.511. The summed E-state index contributed by atoms with van der Waals surface area (Å²) in [6, 6.07) is 4.99. The molecule has 1 aromatic heterocycles. The van der Waals surface area contributed by atoms with E-state index in [9.17, 15) is 44.0 Å². The number of para-hydroxylation sites is 1. The maximum absolute atomic E-state index is 13.6. The minimum atomic E-state index is -1.54. The topological polar surface area (TPSA) is 198 Å². The smallest absolute Gasteiger partial charge is 0.526 e. The second-order valence-electron chi connectivity index (χ2n) is 9.65. The molecule has 0 spiro atoms. The zero-order valence-electron chi connectivity index (χ0n) is 22.0. The van der Waals surface area contributed by atoms with Gasteiger partial charge < -0.3 is 34.9 Å². The van der Waals surface area contributed by atoms with Crippen molar-refractivity contribution < 1.29 is 53.2 Å². The third-order valence-corrected chi connectivity index (χ3v) is 6.97. The fraction of sp³-hybridized carbons (Fsp3) is 0.346. The molecule has 214 valence electrons. The van der Waals surface area contributed by atoms with Crippen molar-refractivity contribution in [3.05, 3.63) is 59.4 Å². The molecule has 1 unspecified atom stereocenters. The number of Topliss-reactive ketones (excluding diaryl/α,β-unsaturated/α-hetero) is 1. The van der Waals surface area contributed by atoms with Gasteiger partial charge in [-0.15, -0.1) is 0 Å². The Labute approximate surface area is 234 Å². The number of rotatable bonds is 9. The quantitative estimate of drug-likeness (QED) is 0.179. The number of piperazine rings is 1. The number of carbonyl (C=O) groups is 6. The predicted molar refractivity (Wildman–Crippen MR) is 136 cm³/mol. The first kappa shape index (κ1) is 29.2. The Morgan fingerprint density at radius 1 is 1.17 bits per heavy atom. The summed E-state index contributed by atoms with van der Waals surface area (Å²) in [5, 5.41) is 33.7. The molecule has 0 aliphatic carbocycles. The van der Waals surface area contributed by atoms with Crippen LogP contribution in [0.25, 0.3) is 0 Å². The number of amides is 4. The number of aromatic carboxylic acids is 1. The molecule has 41 heavy (non-hydrogen) atoms. The van der Waals surface area contributed by atoms with Crippen LogP contribution in [0.15, 0.2) is 42.7 Å². The molecule has 4 rings (SSSR count). The van der Waals surface area contributed by atoms with Crippen LogP contribution in [0.2, 0.25) is 5.82 Å². The molecule has 0 radical (unpaired) electrons. The lowest BCUT2D eigenvalue weighted by Gasteiger charge is -2.33. The number of hydrogen-bond donors (Lipinski definition) is 3. The average Bonchev–Trinajstić information content (AvgIpc) is 2.92. The van der Waals surface area contributed by atoms with Gasteiger partial charge in [0.2, 0.25) is 0 Å². The number of benzene rings is 1.